The molecule has 2 N–H and O–H groups in total. The number of hydrogen-bond donors (Lipinski definition) is 2. The van der Waals surface area contributed by atoms with Gasteiger partial charge in [0, 0.05) is 19.2 Å². The molecule has 1 saturated carbocycles. The summed E-state index contributed by atoms with van der Waals surface area (Å²) in [5, 5.41) is 13.0. The van der Waals surface area contributed by atoms with Crippen molar-refractivity contribution < 1.29 is 14.6 Å². The maximum atomic E-state index is 11.3. The second-order valence-electron chi connectivity index (χ2n) is 6.73. The van der Waals surface area contributed by atoms with E-state index in [4.69, 9.17) is 4.74 Å². The Labute approximate surface area is 115 Å². The molecule has 2 fully saturated rings. The van der Waals surface area contributed by atoms with Crippen LogP contribution >= 0.6 is 0 Å². The van der Waals surface area contributed by atoms with E-state index in [1.807, 2.05) is 0 Å². The van der Waals surface area contributed by atoms with Crippen molar-refractivity contribution in [1.82, 2.24) is 5.32 Å². The zero-order chi connectivity index (χ0) is 14.0. The van der Waals surface area contributed by atoms with Crippen LogP contribution in [0, 0.1) is 17.3 Å². The van der Waals surface area contributed by atoms with Crippen molar-refractivity contribution in [3.63, 3.8) is 0 Å². The molecule has 4 nitrogen and oxygen atoms in total. The van der Waals surface area contributed by atoms with Crippen LogP contribution in [0.2, 0.25) is 0 Å². The summed E-state index contributed by atoms with van der Waals surface area (Å²) in [5.74, 6) is -0.499. The average molecular weight is 269 g/mol. The largest absolute Gasteiger partial charge is 0.481 e. The standard InChI is InChI=1S/C15H27NO3/c1-10-13(16-9-11-5-4-8-19-11)7-6-12(14(17)18)15(10,2)3/h10-13,16H,4-9H2,1-3H3,(H,17,18). The first-order valence-corrected chi connectivity index (χ1v) is 7.50. The van der Waals surface area contributed by atoms with Crippen molar-refractivity contribution in [1.29, 1.82) is 0 Å². The van der Waals surface area contributed by atoms with Gasteiger partial charge in [0.1, 0.15) is 0 Å². The topological polar surface area (TPSA) is 58.6 Å². The highest BCUT2D eigenvalue weighted by molar-refractivity contribution is 5.71. The molecule has 110 valence electrons. The van der Waals surface area contributed by atoms with E-state index in [1.165, 1.54) is 6.42 Å². The van der Waals surface area contributed by atoms with Crippen LogP contribution in [0.5, 0.6) is 0 Å². The Hall–Kier alpha value is -0.610. The van der Waals surface area contributed by atoms with E-state index in [0.29, 0.717) is 18.1 Å². The maximum absolute atomic E-state index is 11.3. The lowest BCUT2D eigenvalue weighted by Gasteiger charge is -2.46. The molecule has 0 aromatic rings. The van der Waals surface area contributed by atoms with Gasteiger partial charge in [-0.25, -0.2) is 0 Å². The SMILES string of the molecule is CC1C(NCC2CCCO2)CCC(C(=O)O)C1(C)C. The molecular formula is C15H27NO3. The van der Waals surface area contributed by atoms with Crippen LogP contribution in [-0.4, -0.2) is 36.4 Å². The van der Waals surface area contributed by atoms with Gasteiger partial charge in [-0.15, -0.1) is 0 Å². The summed E-state index contributed by atoms with van der Waals surface area (Å²) in [7, 11) is 0. The number of ether oxygens (including phenoxy) is 1. The third kappa shape index (κ3) is 3.11. The molecule has 2 aliphatic rings. The van der Waals surface area contributed by atoms with Crippen molar-refractivity contribution in [2.75, 3.05) is 13.2 Å². The van der Waals surface area contributed by atoms with E-state index in [0.717, 1.165) is 32.4 Å². The zero-order valence-electron chi connectivity index (χ0n) is 12.3. The second-order valence-corrected chi connectivity index (χ2v) is 6.73. The number of hydrogen-bond acceptors (Lipinski definition) is 3. The lowest BCUT2D eigenvalue weighted by Crippen LogP contribution is -2.52. The molecule has 0 aromatic heterocycles. The van der Waals surface area contributed by atoms with E-state index < -0.39 is 5.97 Å². The second kappa shape index (κ2) is 5.80. The molecule has 0 spiro atoms. The van der Waals surface area contributed by atoms with Gasteiger partial charge >= 0.3 is 5.97 Å². The van der Waals surface area contributed by atoms with Crippen LogP contribution < -0.4 is 5.32 Å². The van der Waals surface area contributed by atoms with Gasteiger partial charge in [-0.2, -0.15) is 0 Å². The van der Waals surface area contributed by atoms with Crippen LogP contribution in [-0.2, 0) is 9.53 Å². The molecule has 0 radical (unpaired) electrons. The molecule has 0 amide bonds. The summed E-state index contributed by atoms with van der Waals surface area (Å²) in [5.41, 5.74) is -0.154. The minimum atomic E-state index is -0.644. The van der Waals surface area contributed by atoms with Gasteiger partial charge in [0.25, 0.3) is 0 Å². The van der Waals surface area contributed by atoms with Crippen LogP contribution in [0.3, 0.4) is 0 Å². The summed E-state index contributed by atoms with van der Waals surface area (Å²) in [4.78, 5) is 11.3. The first-order chi connectivity index (χ1) is 8.93. The Morgan fingerprint density at radius 2 is 2.11 bits per heavy atom. The molecular weight excluding hydrogens is 242 g/mol. The van der Waals surface area contributed by atoms with E-state index in [1.54, 1.807) is 0 Å². The van der Waals surface area contributed by atoms with Gasteiger partial charge in [-0.3, -0.25) is 4.79 Å². The van der Waals surface area contributed by atoms with Crippen LogP contribution in [0.15, 0.2) is 0 Å². The Balaban J connectivity index is 1.91. The van der Waals surface area contributed by atoms with Gasteiger partial charge in [-0.1, -0.05) is 20.8 Å². The van der Waals surface area contributed by atoms with Gasteiger partial charge in [0.05, 0.1) is 12.0 Å². The number of aliphatic carboxylic acids is 1. The molecule has 4 atom stereocenters. The fourth-order valence-electron chi connectivity index (χ4n) is 3.61. The summed E-state index contributed by atoms with van der Waals surface area (Å²) >= 11 is 0. The number of carboxylic acids is 1. The Morgan fingerprint density at radius 3 is 2.68 bits per heavy atom. The van der Waals surface area contributed by atoms with Gasteiger partial charge in [0.15, 0.2) is 0 Å². The normalized spacial score (nSPS) is 38.3. The Morgan fingerprint density at radius 1 is 1.37 bits per heavy atom. The number of carbonyl (C=O) groups is 1. The molecule has 4 heteroatoms. The third-order valence-corrected chi connectivity index (χ3v) is 5.37. The fraction of sp³-hybridized carbons (Fsp3) is 0.933. The highest BCUT2D eigenvalue weighted by Gasteiger charge is 2.46. The van der Waals surface area contributed by atoms with Crippen LogP contribution in [0.4, 0.5) is 0 Å². The lowest BCUT2D eigenvalue weighted by atomic mass is 9.61. The van der Waals surface area contributed by atoms with Gasteiger partial charge in [-0.05, 0) is 37.0 Å². The van der Waals surface area contributed by atoms with E-state index in [2.05, 4.69) is 26.1 Å². The highest BCUT2D eigenvalue weighted by atomic mass is 16.5. The molecule has 1 heterocycles. The Bertz CT molecular complexity index is 323. The minimum Gasteiger partial charge on any atom is -0.481 e. The molecule has 0 aromatic carbocycles. The van der Waals surface area contributed by atoms with E-state index in [9.17, 15) is 9.90 Å². The predicted molar refractivity (Wildman–Crippen MR) is 74.1 cm³/mol. The quantitative estimate of drug-likeness (QED) is 0.822. The van der Waals surface area contributed by atoms with Gasteiger partial charge < -0.3 is 15.2 Å². The van der Waals surface area contributed by atoms with Crippen molar-refractivity contribution in [3.8, 4) is 0 Å². The highest BCUT2D eigenvalue weighted by Crippen LogP contribution is 2.45. The van der Waals surface area contributed by atoms with Crippen LogP contribution in [0.1, 0.15) is 46.5 Å². The van der Waals surface area contributed by atoms with Crippen molar-refractivity contribution >= 4 is 5.97 Å². The van der Waals surface area contributed by atoms with Crippen molar-refractivity contribution in [2.24, 2.45) is 17.3 Å². The smallest absolute Gasteiger partial charge is 0.307 e. The monoisotopic (exact) mass is 269 g/mol. The van der Waals surface area contributed by atoms with Crippen molar-refractivity contribution in [2.45, 2.75) is 58.6 Å². The first kappa shape index (κ1) is 14.8. The predicted octanol–water partition coefficient (Wildman–Crippen LogP) is 2.28. The lowest BCUT2D eigenvalue weighted by molar-refractivity contribution is -0.150. The number of rotatable bonds is 4. The number of nitrogens with one attached hydrogen (secondary N) is 1. The fourth-order valence-corrected chi connectivity index (χ4v) is 3.61. The van der Waals surface area contributed by atoms with Crippen LogP contribution in [0.25, 0.3) is 0 Å². The molecule has 4 unspecified atom stereocenters. The van der Waals surface area contributed by atoms with E-state index >= 15 is 0 Å². The molecule has 19 heavy (non-hydrogen) atoms. The Kier molecular flexibility index (Phi) is 4.51. The molecule has 1 aliphatic carbocycles. The third-order valence-electron chi connectivity index (χ3n) is 5.37. The molecule has 2 rings (SSSR count). The minimum absolute atomic E-state index is 0.154. The molecule has 0 bridgehead atoms. The average Bonchev–Trinajstić information content (AvgIpc) is 2.83. The zero-order valence-corrected chi connectivity index (χ0v) is 12.3. The summed E-state index contributed by atoms with van der Waals surface area (Å²) < 4.78 is 5.63. The summed E-state index contributed by atoms with van der Waals surface area (Å²) in [6.45, 7) is 8.16. The van der Waals surface area contributed by atoms with E-state index in [-0.39, 0.29) is 11.3 Å². The van der Waals surface area contributed by atoms with Gasteiger partial charge in [0.2, 0.25) is 0 Å². The summed E-state index contributed by atoms with van der Waals surface area (Å²) in [6.07, 6.45) is 4.39. The van der Waals surface area contributed by atoms with Crippen molar-refractivity contribution in [3.05, 3.63) is 0 Å². The summed E-state index contributed by atoms with van der Waals surface area (Å²) in [6, 6.07) is 0.412. The molecule has 1 saturated heterocycles. The maximum Gasteiger partial charge on any atom is 0.307 e. The molecule has 1 aliphatic heterocycles. The first-order valence-electron chi connectivity index (χ1n) is 7.50. The number of carboxylic acid groups (broad SMARTS) is 1.